The molecule has 1 aromatic heterocycles. The molecule has 3 N–H and O–H groups in total. The Morgan fingerprint density at radius 3 is 2.76 bits per heavy atom. The molecule has 7 heteroatoms. The molecule has 1 heterocycles. The summed E-state index contributed by atoms with van der Waals surface area (Å²) in [5.74, 6) is 0.702. The first-order valence-corrected chi connectivity index (χ1v) is 6.36. The second-order valence-electron chi connectivity index (χ2n) is 4.56. The van der Waals surface area contributed by atoms with Crippen LogP contribution in [0.15, 0.2) is 18.2 Å². The van der Waals surface area contributed by atoms with Crippen LogP contribution in [0.5, 0.6) is 5.75 Å². The quantitative estimate of drug-likeness (QED) is 0.768. The minimum atomic E-state index is -0.212. The number of nitrogens with two attached hydrogens (primary N) is 1. The Hall–Kier alpha value is -2.70. The molecule has 2 aromatic rings. The minimum absolute atomic E-state index is 0.00232. The first-order chi connectivity index (χ1) is 10.0. The molecule has 0 saturated carbocycles. The van der Waals surface area contributed by atoms with Crippen molar-refractivity contribution in [2.75, 3.05) is 24.7 Å². The molecule has 0 unspecified atom stereocenters. The standard InChI is InChI=1S/C14H16N4O3/c1-8(19)6-9(20)7-16-13-10-4-3-5-11(21-2)12(10)17-14(15)18-13/h3-5H,6-7H2,1-2H3,(H3,15,16,17,18). The van der Waals surface area contributed by atoms with Gasteiger partial charge in [-0.1, -0.05) is 6.07 Å². The monoisotopic (exact) mass is 288 g/mol. The summed E-state index contributed by atoms with van der Waals surface area (Å²) in [6.07, 6.45) is -0.102. The number of para-hydroxylation sites is 1. The van der Waals surface area contributed by atoms with Crippen molar-refractivity contribution < 1.29 is 14.3 Å². The van der Waals surface area contributed by atoms with Crippen LogP contribution in [0.4, 0.5) is 11.8 Å². The highest BCUT2D eigenvalue weighted by molar-refractivity contribution is 6.01. The number of Topliss-reactive ketones (excluding diaryl/α,β-unsaturated/α-hetero) is 2. The van der Waals surface area contributed by atoms with E-state index in [1.54, 1.807) is 18.2 Å². The number of carbonyl (C=O) groups is 2. The fraction of sp³-hybridized carbons (Fsp3) is 0.286. The smallest absolute Gasteiger partial charge is 0.222 e. The molecule has 0 aliphatic carbocycles. The summed E-state index contributed by atoms with van der Waals surface area (Å²) < 4.78 is 5.23. The summed E-state index contributed by atoms with van der Waals surface area (Å²) in [6.45, 7) is 1.38. The third kappa shape index (κ3) is 3.44. The minimum Gasteiger partial charge on any atom is -0.494 e. The summed E-state index contributed by atoms with van der Waals surface area (Å²) in [4.78, 5) is 30.7. The molecule has 1 aromatic carbocycles. The molecule has 2 rings (SSSR count). The third-order valence-electron chi connectivity index (χ3n) is 2.83. The molecule has 110 valence electrons. The number of methoxy groups -OCH3 is 1. The van der Waals surface area contributed by atoms with Crippen LogP contribution in [0.25, 0.3) is 10.9 Å². The molecule has 0 bridgehead atoms. The van der Waals surface area contributed by atoms with Gasteiger partial charge in [0.2, 0.25) is 5.95 Å². The van der Waals surface area contributed by atoms with E-state index in [4.69, 9.17) is 10.5 Å². The highest BCUT2D eigenvalue weighted by Crippen LogP contribution is 2.28. The fourth-order valence-corrected chi connectivity index (χ4v) is 1.97. The molecule has 0 spiro atoms. The van der Waals surface area contributed by atoms with Crippen LogP contribution in [-0.2, 0) is 9.59 Å². The Balaban J connectivity index is 2.31. The van der Waals surface area contributed by atoms with E-state index >= 15 is 0 Å². The Bertz CT molecular complexity index is 700. The summed E-state index contributed by atoms with van der Waals surface area (Å²) in [7, 11) is 1.54. The second kappa shape index (κ2) is 6.17. The van der Waals surface area contributed by atoms with Crippen LogP contribution in [0.3, 0.4) is 0 Å². The number of rotatable bonds is 6. The molecule has 0 aliphatic heterocycles. The van der Waals surface area contributed by atoms with E-state index in [9.17, 15) is 9.59 Å². The Labute approximate surface area is 121 Å². The SMILES string of the molecule is COc1cccc2c(NCC(=O)CC(C)=O)nc(N)nc12. The van der Waals surface area contributed by atoms with Crippen molar-refractivity contribution in [3.05, 3.63) is 18.2 Å². The van der Waals surface area contributed by atoms with Crippen molar-refractivity contribution in [1.29, 1.82) is 0 Å². The van der Waals surface area contributed by atoms with E-state index in [1.165, 1.54) is 14.0 Å². The number of benzene rings is 1. The van der Waals surface area contributed by atoms with Crippen LogP contribution in [0.1, 0.15) is 13.3 Å². The number of nitrogens with one attached hydrogen (secondary N) is 1. The van der Waals surface area contributed by atoms with E-state index in [-0.39, 0.29) is 30.5 Å². The number of carbonyl (C=O) groups excluding carboxylic acids is 2. The summed E-state index contributed by atoms with van der Waals surface area (Å²) in [6, 6.07) is 5.36. The van der Waals surface area contributed by atoms with Crippen LogP contribution >= 0.6 is 0 Å². The molecule has 0 fully saturated rings. The van der Waals surface area contributed by atoms with Crippen molar-refractivity contribution in [1.82, 2.24) is 9.97 Å². The van der Waals surface area contributed by atoms with Gasteiger partial charge < -0.3 is 15.8 Å². The molecule has 0 saturated heterocycles. The maximum absolute atomic E-state index is 11.6. The topological polar surface area (TPSA) is 107 Å². The Morgan fingerprint density at radius 2 is 2.10 bits per heavy atom. The normalized spacial score (nSPS) is 10.4. The van der Waals surface area contributed by atoms with E-state index in [0.717, 1.165) is 0 Å². The lowest BCUT2D eigenvalue weighted by molar-refractivity contribution is -0.124. The molecular formula is C14H16N4O3. The van der Waals surface area contributed by atoms with Gasteiger partial charge in [0.1, 0.15) is 22.9 Å². The largest absolute Gasteiger partial charge is 0.494 e. The maximum atomic E-state index is 11.6. The van der Waals surface area contributed by atoms with Crippen LogP contribution in [-0.4, -0.2) is 35.2 Å². The van der Waals surface area contributed by atoms with Gasteiger partial charge in [0.05, 0.1) is 20.1 Å². The van der Waals surface area contributed by atoms with Gasteiger partial charge in [-0.2, -0.15) is 4.98 Å². The predicted octanol–water partition coefficient (Wildman–Crippen LogP) is 1.18. The molecule has 0 atom stereocenters. The van der Waals surface area contributed by atoms with Gasteiger partial charge in [-0.05, 0) is 19.1 Å². The van der Waals surface area contributed by atoms with Crippen molar-refractivity contribution in [2.45, 2.75) is 13.3 Å². The average molecular weight is 288 g/mol. The summed E-state index contributed by atoms with van der Waals surface area (Å²) in [5, 5.41) is 3.59. The number of hydrogen-bond donors (Lipinski definition) is 2. The highest BCUT2D eigenvalue weighted by atomic mass is 16.5. The van der Waals surface area contributed by atoms with Gasteiger partial charge in [0, 0.05) is 5.39 Å². The molecule has 21 heavy (non-hydrogen) atoms. The van der Waals surface area contributed by atoms with Gasteiger partial charge in [-0.25, -0.2) is 4.98 Å². The number of anilines is 2. The highest BCUT2D eigenvalue weighted by Gasteiger charge is 2.12. The number of fused-ring (bicyclic) bond motifs is 1. The number of nitrogens with zero attached hydrogens (tertiary/aromatic N) is 2. The lowest BCUT2D eigenvalue weighted by Gasteiger charge is -2.10. The maximum Gasteiger partial charge on any atom is 0.222 e. The van der Waals surface area contributed by atoms with Crippen molar-refractivity contribution in [3.63, 3.8) is 0 Å². The van der Waals surface area contributed by atoms with Crippen LogP contribution in [0, 0.1) is 0 Å². The Kier molecular flexibility index (Phi) is 4.32. The summed E-state index contributed by atoms with van der Waals surface area (Å²) in [5.41, 5.74) is 6.24. The van der Waals surface area contributed by atoms with E-state index < -0.39 is 0 Å². The lowest BCUT2D eigenvalue weighted by Crippen LogP contribution is -2.17. The van der Waals surface area contributed by atoms with Gasteiger partial charge in [-0.15, -0.1) is 0 Å². The van der Waals surface area contributed by atoms with E-state index in [1.807, 2.05) is 0 Å². The number of ketones is 2. The van der Waals surface area contributed by atoms with Crippen molar-refractivity contribution >= 4 is 34.2 Å². The fourth-order valence-electron chi connectivity index (χ4n) is 1.97. The van der Waals surface area contributed by atoms with E-state index in [2.05, 4.69) is 15.3 Å². The van der Waals surface area contributed by atoms with E-state index in [0.29, 0.717) is 22.5 Å². The number of ether oxygens (including phenoxy) is 1. The van der Waals surface area contributed by atoms with Crippen molar-refractivity contribution in [3.8, 4) is 5.75 Å². The zero-order valence-corrected chi connectivity index (χ0v) is 11.8. The van der Waals surface area contributed by atoms with Gasteiger partial charge >= 0.3 is 0 Å². The lowest BCUT2D eigenvalue weighted by atomic mass is 10.2. The molecule has 7 nitrogen and oxygen atoms in total. The molecule has 0 amide bonds. The van der Waals surface area contributed by atoms with Gasteiger partial charge in [0.25, 0.3) is 0 Å². The number of nitrogen functional groups attached to an aromatic ring is 1. The first-order valence-electron chi connectivity index (χ1n) is 6.36. The zero-order chi connectivity index (χ0) is 15.4. The third-order valence-corrected chi connectivity index (χ3v) is 2.83. The molecule has 0 radical (unpaired) electrons. The van der Waals surface area contributed by atoms with Gasteiger partial charge in [-0.3, -0.25) is 9.59 Å². The van der Waals surface area contributed by atoms with Crippen LogP contribution in [0.2, 0.25) is 0 Å². The zero-order valence-electron chi connectivity index (χ0n) is 11.8. The molecule has 0 aliphatic rings. The van der Waals surface area contributed by atoms with Gasteiger partial charge in [0.15, 0.2) is 5.78 Å². The summed E-state index contributed by atoms with van der Waals surface area (Å²) >= 11 is 0. The predicted molar refractivity (Wildman–Crippen MR) is 79.3 cm³/mol. The van der Waals surface area contributed by atoms with Crippen molar-refractivity contribution in [2.24, 2.45) is 0 Å². The number of aromatic nitrogens is 2. The first kappa shape index (κ1) is 14.7. The van der Waals surface area contributed by atoms with Crippen LogP contribution < -0.4 is 15.8 Å². The number of hydrogen-bond acceptors (Lipinski definition) is 7. The molecular weight excluding hydrogens is 272 g/mol. The Morgan fingerprint density at radius 1 is 1.33 bits per heavy atom. The average Bonchev–Trinajstić information content (AvgIpc) is 2.43. The second-order valence-corrected chi connectivity index (χ2v) is 4.56.